The Kier molecular flexibility index (Phi) is 4.83. The molecule has 30 heavy (non-hydrogen) atoms. The van der Waals surface area contributed by atoms with Crippen LogP contribution in [0.5, 0.6) is 0 Å². The molecule has 0 aliphatic rings. The van der Waals surface area contributed by atoms with Gasteiger partial charge in [0.1, 0.15) is 0 Å². The highest BCUT2D eigenvalue weighted by Crippen LogP contribution is 2.31. The van der Waals surface area contributed by atoms with E-state index in [-0.39, 0.29) is 5.91 Å². The fourth-order valence-electron chi connectivity index (χ4n) is 3.57. The van der Waals surface area contributed by atoms with Crippen LogP contribution in [0.2, 0.25) is 0 Å². The first-order valence-electron chi connectivity index (χ1n) is 9.69. The highest BCUT2D eigenvalue weighted by molar-refractivity contribution is 7.13. The van der Waals surface area contributed by atoms with Gasteiger partial charge in [-0.15, -0.1) is 11.3 Å². The Balaban J connectivity index is 1.58. The number of anilines is 1. The van der Waals surface area contributed by atoms with Crippen LogP contribution in [0.15, 0.2) is 102 Å². The van der Waals surface area contributed by atoms with Gasteiger partial charge in [0.25, 0.3) is 5.91 Å². The summed E-state index contributed by atoms with van der Waals surface area (Å²) in [7, 11) is 0. The third kappa shape index (κ3) is 3.49. The summed E-state index contributed by atoms with van der Waals surface area (Å²) >= 11 is 1.61. The van der Waals surface area contributed by atoms with Crippen molar-refractivity contribution in [3.8, 4) is 21.7 Å². The lowest BCUT2D eigenvalue weighted by molar-refractivity contribution is 0.102. The molecule has 2 aromatic heterocycles. The number of carbonyl (C=O) groups is 1. The highest BCUT2D eigenvalue weighted by Gasteiger charge is 2.16. The fraction of sp³-hybridized carbons (Fsp3) is 0. The standard InChI is InChI=1S/C26H18N2OS/c29-26(28-22-13-6-4-11-19(22)18-9-2-1-3-10-18)21-17-24(25-15-8-16-30-25)27-23-14-7-5-12-20(21)23/h1-17H,(H,28,29). The summed E-state index contributed by atoms with van der Waals surface area (Å²) < 4.78 is 0. The van der Waals surface area contributed by atoms with E-state index in [4.69, 9.17) is 4.98 Å². The van der Waals surface area contributed by atoms with Crippen molar-refractivity contribution in [1.82, 2.24) is 4.98 Å². The van der Waals surface area contributed by atoms with E-state index in [1.54, 1.807) is 11.3 Å². The summed E-state index contributed by atoms with van der Waals surface area (Å²) in [5.41, 5.74) is 5.07. The number of rotatable bonds is 4. The first-order chi connectivity index (χ1) is 14.8. The third-order valence-corrected chi connectivity index (χ3v) is 5.89. The van der Waals surface area contributed by atoms with Gasteiger partial charge in [-0.3, -0.25) is 4.79 Å². The summed E-state index contributed by atoms with van der Waals surface area (Å²) in [4.78, 5) is 19.2. The average molecular weight is 407 g/mol. The van der Waals surface area contributed by atoms with E-state index in [9.17, 15) is 4.79 Å². The zero-order chi connectivity index (χ0) is 20.3. The van der Waals surface area contributed by atoms with Crippen molar-refractivity contribution in [2.45, 2.75) is 0 Å². The molecule has 144 valence electrons. The Morgan fingerprint density at radius 3 is 2.40 bits per heavy atom. The van der Waals surface area contributed by atoms with Crippen LogP contribution in [0.25, 0.3) is 32.6 Å². The second-order valence-electron chi connectivity index (χ2n) is 6.92. The second kappa shape index (κ2) is 7.93. The monoisotopic (exact) mass is 406 g/mol. The largest absolute Gasteiger partial charge is 0.321 e. The van der Waals surface area contributed by atoms with Gasteiger partial charge in [-0.25, -0.2) is 4.98 Å². The molecule has 0 aliphatic carbocycles. The summed E-state index contributed by atoms with van der Waals surface area (Å²) in [6.45, 7) is 0. The number of pyridine rings is 1. The number of benzene rings is 3. The maximum atomic E-state index is 13.4. The minimum atomic E-state index is -0.144. The first-order valence-corrected chi connectivity index (χ1v) is 10.6. The van der Waals surface area contributed by atoms with Crippen LogP contribution < -0.4 is 5.32 Å². The molecular formula is C26H18N2OS. The zero-order valence-electron chi connectivity index (χ0n) is 16.1. The van der Waals surface area contributed by atoms with E-state index in [2.05, 4.69) is 5.32 Å². The number of hydrogen-bond donors (Lipinski definition) is 1. The predicted molar refractivity (Wildman–Crippen MR) is 125 cm³/mol. The number of thiophene rings is 1. The minimum Gasteiger partial charge on any atom is -0.321 e. The molecule has 0 radical (unpaired) electrons. The van der Waals surface area contributed by atoms with Crippen LogP contribution in [-0.4, -0.2) is 10.9 Å². The number of nitrogens with zero attached hydrogens (tertiary/aromatic N) is 1. The molecule has 0 aliphatic heterocycles. The van der Waals surface area contributed by atoms with Gasteiger partial charge in [0.2, 0.25) is 0 Å². The number of fused-ring (bicyclic) bond motifs is 1. The highest BCUT2D eigenvalue weighted by atomic mass is 32.1. The molecule has 0 saturated heterocycles. The van der Waals surface area contributed by atoms with Crippen molar-refractivity contribution in [2.24, 2.45) is 0 Å². The molecule has 2 heterocycles. The lowest BCUT2D eigenvalue weighted by Gasteiger charge is -2.13. The van der Waals surface area contributed by atoms with E-state index in [0.29, 0.717) is 5.56 Å². The van der Waals surface area contributed by atoms with Crippen molar-refractivity contribution in [3.05, 3.63) is 108 Å². The number of nitrogens with one attached hydrogen (secondary N) is 1. The van der Waals surface area contributed by atoms with Gasteiger partial charge in [-0.05, 0) is 35.2 Å². The van der Waals surface area contributed by atoms with Crippen molar-refractivity contribution in [3.63, 3.8) is 0 Å². The number of carbonyl (C=O) groups excluding carboxylic acids is 1. The van der Waals surface area contributed by atoms with Gasteiger partial charge in [0, 0.05) is 16.6 Å². The first kappa shape index (κ1) is 18.3. The van der Waals surface area contributed by atoms with Gasteiger partial charge in [0.15, 0.2) is 0 Å². The molecule has 4 heteroatoms. The van der Waals surface area contributed by atoms with Crippen LogP contribution in [0.3, 0.4) is 0 Å². The zero-order valence-corrected chi connectivity index (χ0v) is 16.9. The molecule has 0 bridgehead atoms. The SMILES string of the molecule is O=C(Nc1ccccc1-c1ccccc1)c1cc(-c2cccs2)nc2ccccc12. The van der Waals surface area contributed by atoms with E-state index in [0.717, 1.165) is 38.3 Å². The van der Waals surface area contributed by atoms with Gasteiger partial charge in [-0.2, -0.15) is 0 Å². The van der Waals surface area contributed by atoms with E-state index < -0.39 is 0 Å². The Morgan fingerprint density at radius 1 is 0.800 bits per heavy atom. The molecule has 3 aromatic carbocycles. The molecule has 0 spiro atoms. The molecule has 3 nitrogen and oxygen atoms in total. The number of aromatic nitrogens is 1. The number of amides is 1. The van der Waals surface area contributed by atoms with Gasteiger partial charge >= 0.3 is 0 Å². The molecular weight excluding hydrogens is 388 g/mol. The molecule has 1 N–H and O–H groups in total. The Hall–Kier alpha value is -3.76. The molecule has 0 fully saturated rings. The Labute approximate surface area is 178 Å². The summed E-state index contributed by atoms with van der Waals surface area (Å²) in [6, 6.07) is 31.6. The average Bonchev–Trinajstić information content (AvgIpc) is 3.34. The summed E-state index contributed by atoms with van der Waals surface area (Å²) in [6.07, 6.45) is 0. The minimum absolute atomic E-state index is 0.144. The summed E-state index contributed by atoms with van der Waals surface area (Å²) in [5, 5.41) is 5.98. The van der Waals surface area contributed by atoms with Crippen LogP contribution >= 0.6 is 11.3 Å². The Bertz CT molecular complexity index is 1330. The topological polar surface area (TPSA) is 42.0 Å². The Morgan fingerprint density at radius 2 is 1.57 bits per heavy atom. The van der Waals surface area contributed by atoms with E-state index in [1.165, 1.54) is 0 Å². The van der Waals surface area contributed by atoms with E-state index >= 15 is 0 Å². The quantitative estimate of drug-likeness (QED) is 0.353. The normalized spacial score (nSPS) is 10.8. The molecule has 5 rings (SSSR count). The molecule has 1 amide bonds. The maximum absolute atomic E-state index is 13.4. The van der Waals surface area contributed by atoms with Crippen LogP contribution in [0, 0.1) is 0 Å². The van der Waals surface area contributed by atoms with E-state index in [1.807, 2.05) is 102 Å². The third-order valence-electron chi connectivity index (χ3n) is 4.99. The smallest absolute Gasteiger partial charge is 0.256 e. The fourth-order valence-corrected chi connectivity index (χ4v) is 4.25. The molecule has 5 aromatic rings. The van der Waals surface area contributed by atoms with Gasteiger partial charge in [0.05, 0.1) is 21.7 Å². The predicted octanol–water partition coefficient (Wildman–Crippen LogP) is 6.88. The van der Waals surface area contributed by atoms with Crippen LogP contribution in [0.1, 0.15) is 10.4 Å². The molecule has 0 saturated carbocycles. The lowest BCUT2D eigenvalue weighted by Crippen LogP contribution is -2.13. The maximum Gasteiger partial charge on any atom is 0.256 e. The molecule has 0 atom stereocenters. The number of hydrogen-bond acceptors (Lipinski definition) is 3. The van der Waals surface area contributed by atoms with Crippen molar-refractivity contribution >= 4 is 33.8 Å². The summed E-state index contributed by atoms with van der Waals surface area (Å²) in [5.74, 6) is -0.144. The number of para-hydroxylation sites is 2. The van der Waals surface area contributed by atoms with Gasteiger partial charge in [-0.1, -0.05) is 72.8 Å². The second-order valence-corrected chi connectivity index (χ2v) is 7.86. The van der Waals surface area contributed by atoms with Crippen LogP contribution in [0.4, 0.5) is 5.69 Å². The van der Waals surface area contributed by atoms with Crippen molar-refractivity contribution in [2.75, 3.05) is 5.32 Å². The van der Waals surface area contributed by atoms with Crippen molar-refractivity contribution < 1.29 is 4.79 Å². The van der Waals surface area contributed by atoms with Crippen LogP contribution in [-0.2, 0) is 0 Å². The lowest BCUT2D eigenvalue weighted by atomic mass is 10.0. The van der Waals surface area contributed by atoms with Crippen molar-refractivity contribution in [1.29, 1.82) is 0 Å². The molecule has 0 unspecified atom stereocenters. The van der Waals surface area contributed by atoms with Gasteiger partial charge < -0.3 is 5.32 Å².